The highest BCUT2D eigenvalue weighted by molar-refractivity contribution is 9.10. The van der Waals surface area contributed by atoms with Crippen LogP contribution < -0.4 is 9.62 Å². The van der Waals surface area contributed by atoms with Crippen molar-refractivity contribution in [2.24, 2.45) is 0 Å². The van der Waals surface area contributed by atoms with Gasteiger partial charge in [0, 0.05) is 17.1 Å². The maximum absolute atomic E-state index is 14.1. The predicted molar refractivity (Wildman–Crippen MR) is 171 cm³/mol. The molecule has 4 rings (SSSR count). The monoisotopic (exact) mass is 653 g/mol. The zero-order chi connectivity index (χ0) is 30.4. The van der Waals surface area contributed by atoms with E-state index in [9.17, 15) is 18.0 Å². The molecule has 1 N–H and O–H groups in total. The Morgan fingerprint density at radius 2 is 1.50 bits per heavy atom. The summed E-state index contributed by atoms with van der Waals surface area (Å²) in [6.07, 6.45) is 3.99. The Labute approximate surface area is 258 Å². The van der Waals surface area contributed by atoms with Crippen molar-refractivity contribution in [2.75, 3.05) is 10.8 Å². The van der Waals surface area contributed by atoms with E-state index in [1.54, 1.807) is 43.3 Å². The quantitative estimate of drug-likeness (QED) is 0.254. The number of hydrogen-bond donors (Lipinski definition) is 1. The van der Waals surface area contributed by atoms with E-state index in [1.807, 2.05) is 43.3 Å². The van der Waals surface area contributed by atoms with E-state index < -0.39 is 28.5 Å². The number of aryl methyl sites for hydroxylation is 1. The Morgan fingerprint density at radius 3 is 2.07 bits per heavy atom. The molecule has 9 heteroatoms. The van der Waals surface area contributed by atoms with Gasteiger partial charge in [-0.2, -0.15) is 0 Å². The number of anilines is 1. The Bertz CT molecular complexity index is 1470. The van der Waals surface area contributed by atoms with Crippen molar-refractivity contribution in [2.45, 2.75) is 82.8 Å². The third-order valence-electron chi connectivity index (χ3n) is 7.87. The van der Waals surface area contributed by atoms with Crippen LogP contribution in [-0.2, 0) is 26.2 Å². The van der Waals surface area contributed by atoms with Gasteiger partial charge in [-0.15, -0.1) is 0 Å². The minimum atomic E-state index is -4.10. The second-order valence-corrected chi connectivity index (χ2v) is 14.2. The lowest BCUT2D eigenvalue weighted by Crippen LogP contribution is -2.52. The number of carbonyl (C=O) groups is 2. The molecule has 0 radical (unpaired) electrons. The fraction of sp³-hybridized carbons (Fsp3) is 0.394. The van der Waals surface area contributed by atoms with Crippen molar-refractivity contribution in [3.05, 3.63) is 94.0 Å². The molecule has 1 aliphatic carbocycles. The molecule has 0 spiro atoms. The summed E-state index contributed by atoms with van der Waals surface area (Å²) < 4.78 is 30.1. The Morgan fingerprint density at radius 1 is 0.905 bits per heavy atom. The molecule has 1 saturated carbocycles. The average molecular weight is 655 g/mol. The molecule has 3 aromatic carbocycles. The molecule has 0 unspecified atom stereocenters. The summed E-state index contributed by atoms with van der Waals surface area (Å²) in [5, 5.41) is 3.10. The summed E-state index contributed by atoms with van der Waals surface area (Å²) >= 11 is 3.44. The van der Waals surface area contributed by atoms with Crippen molar-refractivity contribution in [1.29, 1.82) is 0 Å². The maximum atomic E-state index is 14.1. The van der Waals surface area contributed by atoms with Gasteiger partial charge in [0.2, 0.25) is 11.8 Å². The lowest BCUT2D eigenvalue weighted by molar-refractivity contribution is -0.139. The minimum absolute atomic E-state index is 0.0975. The summed E-state index contributed by atoms with van der Waals surface area (Å²) in [5.74, 6) is -0.430. The summed E-state index contributed by atoms with van der Waals surface area (Å²) in [6.45, 7) is 7.44. The average Bonchev–Trinajstić information content (AvgIpc) is 3.48. The lowest BCUT2D eigenvalue weighted by atomic mass is 10.0. The smallest absolute Gasteiger partial charge is 0.264 e. The van der Waals surface area contributed by atoms with Crippen LogP contribution in [0.2, 0.25) is 0 Å². The summed E-state index contributed by atoms with van der Waals surface area (Å²) in [6, 6.07) is 20.7. The van der Waals surface area contributed by atoms with E-state index >= 15 is 0 Å². The van der Waals surface area contributed by atoms with Crippen LogP contribution in [0.15, 0.2) is 82.2 Å². The number of hydrogen-bond acceptors (Lipinski definition) is 4. The summed E-state index contributed by atoms with van der Waals surface area (Å²) in [4.78, 5) is 29.0. The van der Waals surface area contributed by atoms with Gasteiger partial charge in [-0.1, -0.05) is 84.6 Å². The van der Waals surface area contributed by atoms with Gasteiger partial charge in [0.05, 0.1) is 10.6 Å². The second-order valence-electron chi connectivity index (χ2n) is 11.4. The Balaban J connectivity index is 1.69. The molecule has 7 nitrogen and oxygen atoms in total. The number of halogens is 1. The fourth-order valence-corrected chi connectivity index (χ4v) is 6.83. The third kappa shape index (κ3) is 7.81. The molecule has 0 heterocycles. The van der Waals surface area contributed by atoms with E-state index in [4.69, 9.17) is 0 Å². The molecule has 2 amide bonds. The van der Waals surface area contributed by atoms with Crippen LogP contribution in [0.5, 0.6) is 0 Å². The first kappa shape index (κ1) is 31.8. The Hall–Kier alpha value is -3.17. The van der Waals surface area contributed by atoms with E-state index in [2.05, 4.69) is 35.1 Å². The van der Waals surface area contributed by atoms with Crippen LogP contribution in [-0.4, -0.2) is 43.8 Å². The molecule has 0 saturated heterocycles. The van der Waals surface area contributed by atoms with Crippen molar-refractivity contribution in [3.8, 4) is 0 Å². The standard InChI is InChI=1S/C33H40BrN3O4S/c1-23(2)27-13-17-30(18-14-27)37(42(40,41)31-19-9-24(3)10-20-31)22-32(38)36(21-26-11-15-28(34)16-12-26)25(4)33(39)35-29-7-5-6-8-29/h9-20,23,25,29H,5-8,21-22H2,1-4H3,(H,35,39)/t25-/m0/s1. The van der Waals surface area contributed by atoms with Crippen LogP contribution in [0, 0.1) is 6.92 Å². The topological polar surface area (TPSA) is 86.8 Å². The highest BCUT2D eigenvalue weighted by atomic mass is 79.9. The summed E-state index contributed by atoms with van der Waals surface area (Å²) in [7, 11) is -4.10. The molecule has 0 bridgehead atoms. The SMILES string of the molecule is Cc1ccc(S(=O)(=O)N(CC(=O)N(Cc2ccc(Br)cc2)[C@@H](C)C(=O)NC2CCCC2)c2ccc(C(C)C)cc2)cc1. The third-order valence-corrected chi connectivity index (χ3v) is 10.2. The first-order valence-corrected chi connectivity index (χ1v) is 16.7. The van der Waals surface area contributed by atoms with Crippen molar-refractivity contribution in [1.82, 2.24) is 10.2 Å². The number of nitrogens with zero attached hydrogens (tertiary/aromatic N) is 2. The number of rotatable bonds is 11. The molecular weight excluding hydrogens is 614 g/mol. The Kier molecular flexibility index (Phi) is 10.5. The number of carbonyl (C=O) groups excluding carboxylic acids is 2. The molecule has 224 valence electrons. The van der Waals surface area contributed by atoms with Gasteiger partial charge in [-0.3, -0.25) is 13.9 Å². The van der Waals surface area contributed by atoms with Gasteiger partial charge >= 0.3 is 0 Å². The highest BCUT2D eigenvalue weighted by Crippen LogP contribution is 2.27. The van der Waals surface area contributed by atoms with Gasteiger partial charge in [0.1, 0.15) is 12.6 Å². The first-order chi connectivity index (χ1) is 20.0. The fourth-order valence-electron chi connectivity index (χ4n) is 5.15. The van der Waals surface area contributed by atoms with Crippen molar-refractivity contribution >= 4 is 43.5 Å². The summed E-state index contributed by atoms with van der Waals surface area (Å²) in [5.41, 5.74) is 3.22. The van der Waals surface area contributed by atoms with Gasteiger partial charge in [0.25, 0.3) is 10.0 Å². The predicted octanol–water partition coefficient (Wildman–Crippen LogP) is 6.55. The van der Waals surface area contributed by atoms with Crippen LogP contribution in [0.3, 0.4) is 0 Å². The van der Waals surface area contributed by atoms with E-state index in [0.717, 1.165) is 51.2 Å². The van der Waals surface area contributed by atoms with Crippen LogP contribution in [0.4, 0.5) is 5.69 Å². The number of nitrogens with one attached hydrogen (secondary N) is 1. The highest BCUT2D eigenvalue weighted by Gasteiger charge is 2.33. The van der Waals surface area contributed by atoms with Gasteiger partial charge in [-0.05, 0) is 80.1 Å². The van der Waals surface area contributed by atoms with Gasteiger partial charge in [-0.25, -0.2) is 8.42 Å². The molecule has 1 fully saturated rings. The van der Waals surface area contributed by atoms with E-state index in [1.165, 1.54) is 4.90 Å². The first-order valence-electron chi connectivity index (χ1n) is 14.5. The largest absolute Gasteiger partial charge is 0.352 e. The molecule has 42 heavy (non-hydrogen) atoms. The number of sulfonamides is 1. The normalized spacial score (nSPS) is 14.5. The van der Waals surface area contributed by atoms with Crippen molar-refractivity contribution in [3.63, 3.8) is 0 Å². The van der Waals surface area contributed by atoms with E-state index in [0.29, 0.717) is 5.69 Å². The molecular formula is C33H40BrN3O4S. The molecule has 0 aliphatic heterocycles. The van der Waals surface area contributed by atoms with Crippen molar-refractivity contribution < 1.29 is 18.0 Å². The molecule has 0 aromatic heterocycles. The van der Waals surface area contributed by atoms with Crippen LogP contribution in [0.1, 0.15) is 69.1 Å². The van der Waals surface area contributed by atoms with Gasteiger partial charge in [0.15, 0.2) is 0 Å². The van der Waals surface area contributed by atoms with Crippen LogP contribution >= 0.6 is 15.9 Å². The van der Waals surface area contributed by atoms with Crippen LogP contribution in [0.25, 0.3) is 0 Å². The number of amides is 2. The lowest BCUT2D eigenvalue weighted by Gasteiger charge is -2.32. The zero-order valence-corrected chi connectivity index (χ0v) is 27.1. The number of benzene rings is 3. The molecule has 1 atom stereocenters. The molecule has 3 aromatic rings. The molecule has 1 aliphatic rings. The zero-order valence-electron chi connectivity index (χ0n) is 24.7. The minimum Gasteiger partial charge on any atom is -0.352 e. The van der Waals surface area contributed by atoms with E-state index in [-0.39, 0.29) is 29.3 Å². The van der Waals surface area contributed by atoms with Gasteiger partial charge < -0.3 is 10.2 Å². The maximum Gasteiger partial charge on any atom is 0.264 e. The second kappa shape index (κ2) is 13.9.